The van der Waals surface area contributed by atoms with Crippen LogP contribution in [0.1, 0.15) is 52.2 Å². The molecular formula is C19H25N3O4. The van der Waals surface area contributed by atoms with Crippen LogP contribution >= 0.6 is 0 Å². The molecule has 26 heavy (non-hydrogen) atoms. The molecule has 0 spiro atoms. The molecule has 0 saturated carbocycles. The Labute approximate surface area is 152 Å². The van der Waals surface area contributed by atoms with Crippen LogP contribution < -0.4 is 5.32 Å². The van der Waals surface area contributed by atoms with E-state index in [9.17, 15) is 4.79 Å². The van der Waals surface area contributed by atoms with Gasteiger partial charge >= 0.3 is 0 Å². The summed E-state index contributed by atoms with van der Waals surface area (Å²) in [7, 11) is 0. The maximum Gasteiger partial charge on any atom is 0.273 e. The molecule has 1 amide bonds. The lowest BCUT2D eigenvalue weighted by Gasteiger charge is -2.33. The highest BCUT2D eigenvalue weighted by atomic mass is 16.5. The Bertz CT molecular complexity index is 761. The third-order valence-corrected chi connectivity index (χ3v) is 5.20. The fourth-order valence-corrected chi connectivity index (χ4v) is 3.77. The Morgan fingerprint density at radius 3 is 2.85 bits per heavy atom. The standard InChI is InChI=1S/C19H25N3O4/c1-13-6-7-17(25-13)15(22-8-10-24-11-9-22)12-20-19(23)18-14-4-2-3-5-16(14)26-21-18/h6-7,15H,2-5,8-12H2,1H3,(H,20,23)/t15-/m0/s1. The van der Waals surface area contributed by atoms with Crippen molar-refractivity contribution in [1.82, 2.24) is 15.4 Å². The first kappa shape index (κ1) is 17.3. The number of carbonyl (C=O) groups excluding carboxylic acids is 1. The summed E-state index contributed by atoms with van der Waals surface area (Å²) < 4.78 is 16.7. The molecule has 0 bridgehead atoms. The van der Waals surface area contributed by atoms with E-state index in [4.69, 9.17) is 13.7 Å². The average Bonchev–Trinajstić information content (AvgIpc) is 3.29. The number of nitrogens with one attached hydrogen (secondary N) is 1. The van der Waals surface area contributed by atoms with Crippen molar-refractivity contribution in [2.75, 3.05) is 32.8 Å². The summed E-state index contributed by atoms with van der Waals surface area (Å²) in [6.45, 7) is 5.43. The minimum atomic E-state index is -0.168. The van der Waals surface area contributed by atoms with Gasteiger partial charge in [-0.05, 0) is 38.3 Å². The normalized spacial score (nSPS) is 19.1. The predicted octanol–water partition coefficient (Wildman–Crippen LogP) is 2.26. The van der Waals surface area contributed by atoms with E-state index in [1.54, 1.807) is 0 Å². The molecule has 1 N–H and O–H groups in total. The van der Waals surface area contributed by atoms with Gasteiger partial charge < -0.3 is 19.0 Å². The molecule has 0 aromatic carbocycles. The number of hydrogen-bond acceptors (Lipinski definition) is 6. The monoisotopic (exact) mass is 359 g/mol. The number of nitrogens with zero attached hydrogens (tertiary/aromatic N) is 2. The molecule has 140 valence electrons. The van der Waals surface area contributed by atoms with Gasteiger partial charge in [-0.25, -0.2) is 0 Å². The quantitative estimate of drug-likeness (QED) is 0.882. The molecule has 2 aromatic heterocycles. The third kappa shape index (κ3) is 3.54. The summed E-state index contributed by atoms with van der Waals surface area (Å²) in [5.41, 5.74) is 1.42. The van der Waals surface area contributed by atoms with E-state index in [0.29, 0.717) is 25.5 Å². The molecule has 2 aromatic rings. The fourth-order valence-electron chi connectivity index (χ4n) is 3.77. The van der Waals surface area contributed by atoms with Gasteiger partial charge in [0.2, 0.25) is 0 Å². The van der Waals surface area contributed by atoms with E-state index in [1.165, 1.54) is 0 Å². The Balaban J connectivity index is 1.47. The van der Waals surface area contributed by atoms with E-state index in [-0.39, 0.29) is 11.9 Å². The number of aromatic nitrogens is 1. The number of rotatable bonds is 5. The number of ether oxygens (including phenoxy) is 1. The minimum absolute atomic E-state index is 0.0146. The lowest BCUT2D eigenvalue weighted by Crippen LogP contribution is -2.43. The van der Waals surface area contributed by atoms with Crippen molar-refractivity contribution >= 4 is 5.91 Å². The van der Waals surface area contributed by atoms with Gasteiger partial charge in [0, 0.05) is 31.6 Å². The molecule has 1 aliphatic heterocycles. The van der Waals surface area contributed by atoms with Gasteiger partial charge in [-0.1, -0.05) is 5.16 Å². The van der Waals surface area contributed by atoms with Gasteiger partial charge in [0.15, 0.2) is 5.69 Å². The minimum Gasteiger partial charge on any atom is -0.465 e. The summed E-state index contributed by atoms with van der Waals surface area (Å²) in [6, 6.07) is 3.93. The zero-order valence-corrected chi connectivity index (χ0v) is 15.1. The van der Waals surface area contributed by atoms with Crippen molar-refractivity contribution in [3.05, 3.63) is 40.7 Å². The maximum atomic E-state index is 12.7. The highest BCUT2D eigenvalue weighted by Gasteiger charge is 2.28. The number of morpholine rings is 1. The number of amides is 1. The first-order valence-electron chi connectivity index (χ1n) is 9.36. The van der Waals surface area contributed by atoms with Gasteiger partial charge in [0.25, 0.3) is 5.91 Å². The number of hydrogen-bond donors (Lipinski definition) is 1. The van der Waals surface area contributed by atoms with Gasteiger partial charge in [-0.2, -0.15) is 0 Å². The van der Waals surface area contributed by atoms with Gasteiger partial charge in [-0.3, -0.25) is 9.69 Å². The first-order valence-corrected chi connectivity index (χ1v) is 9.36. The predicted molar refractivity (Wildman–Crippen MR) is 94.1 cm³/mol. The molecule has 1 fully saturated rings. The summed E-state index contributed by atoms with van der Waals surface area (Å²) in [5, 5.41) is 7.06. The molecule has 0 radical (unpaired) electrons. The van der Waals surface area contributed by atoms with Crippen molar-refractivity contribution in [2.45, 2.75) is 38.6 Å². The molecule has 0 unspecified atom stereocenters. The van der Waals surface area contributed by atoms with Crippen LogP contribution in [0.4, 0.5) is 0 Å². The van der Waals surface area contributed by atoms with Crippen molar-refractivity contribution in [3.8, 4) is 0 Å². The molecule has 1 atom stereocenters. The van der Waals surface area contributed by atoms with E-state index in [1.807, 2.05) is 19.1 Å². The maximum absolute atomic E-state index is 12.7. The molecule has 3 heterocycles. The van der Waals surface area contributed by atoms with Crippen LogP contribution in [0.5, 0.6) is 0 Å². The number of fused-ring (bicyclic) bond motifs is 1. The molecule has 7 heteroatoms. The third-order valence-electron chi connectivity index (χ3n) is 5.20. The van der Waals surface area contributed by atoms with Crippen LogP contribution in [0.15, 0.2) is 21.1 Å². The van der Waals surface area contributed by atoms with E-state index < -0.39 is 0 Å². The van der Waals surface area contributed by atoms with Crippen LogP contribution in [0.2, 0.25) is 0 Å². The zero-order valence-electron chi connectivity index (χ0n) is 15.1. The molecule has 2 aliphatic rings. The van der Waals surface area contributed by atoms with Crippen LogP contribution in [0, 0.1) is 6.92 Å². The Morgan fingerprint density at radius 2 is 2.08 bits per heavy atom. The molecule has 7 nitrogen and oxygen atoms in total. The number of aryl methyl sites for hydroxylation is 2. The Kier molecular flexibility index (Phi) is 5.08. The van der Waals surface area contributed by atoms with E-state index in [0.717, 1.165) is 61.6 Å². The second kappa shape index (κ2) is 7.63. The van der Waals surface area contributed by atoms with Gasteiger partial charge in [0.1, 0.15) is 17.3 Å². The largest absolute Gasteiger partial charge is 0.465 e. The lowest BCUT2D eigenvalue weighted by molar-refractivity contribution is 0.0116. The number of furan rings is 1. The van der Waals surface area contributed by atoms with Crippen LogP contribution in [0.25, 0.3) is 0 Å². The summed E-state index contributed by atoms with van der Waals surface area (Å²) in [5.74, 6) is 2.44. The molecule has 1 saturated heterocycles. The van der Waals surface area contributed by atoms with Crippen molar-refractivity contribution in [2.24, 2.45) is 0 Å². The second-order valence-corrected chi connectivity index (χ2v) is 6.96. The van der Waals surface area contributed by atoms with Crippen molar-refractivity contribution < 1.29 is 18.5 Å². The summed E-state index contributed by atoms with van der Waals surface area (Å²) >= 11 is 0. The highest BCUT2D eigenvalue weighted by molar-refractivity contribution is 5.93. The van der Waals surface area contributed by atoms with Crippen LogP contribution in [-0.4, -0.2) is 48.8 Å². The van der Waals surface area contributed by atoms with Gasteiger partial charge in [-0.15, -0.1) is 0 Å². The molecule has 4 rings (SSSR count). The summed E-state index contributed by atoms with van der Waals surface area (Å²) in [6.07, 6.45) is 3.92. The Morgan fingerprint density at radius 1 is 1.27 bits per heavy atom. The second-order valence-electron chi connectivity index (χ2n) is 6.96. The summed E-state index contributed by atoms with van der Waals surface area (Å²) in [4.78, 5) is 15.0. The molecular weight excluding hydrogens is 334 g/mol. The SMILES string of the molecule is Cc1ccc([C@H](CNC(=O)c2noc3c2CCCC3)N2CCOCC2)o1. The van der Waals surface area contributed by atoms with Crippen LogP contribution in [0.3, 0.4) is 0 Å². The van der Waals surface area contributed by atoms with E-state index in [2.05, 4.69) is 15.4 Å². The highest BCUT2D eigenvalue weighted by Crippen LogP contribution is 2.26. The fraction of sp³-hybridized carbons (Fsp3) is 0.579. The molecule has 1 aliphatic carbocycles. The van der Waals surface area contributed by atoms with Gasteiger partial charge in [0.05, 0.1) is 19.3 Å². The first-order chi connectivity index (χ1) is 12.7. The zero-order chi connectivity index (χ0) is 17.9. The topological polar surface area (TPSA) is 80.7 Å². The Hall–Kier alpha value is -2.12. The smallest absolute Gasteiger partial charge is 0.273 e. The number of carbonyl (C=O) groups is 1. The lowest BCUT2D eigenvalue weighted by atomic mass is 9.96. The van der Waals surface area contributed by atoms with Crippen molar-refractivity contribution in [3.63, 3.8) is 0 Å². The van der Waals surface area contributed by atoms with E-state index >= 15 is 0 Å². The van der Waals surface area contributed by atoms with Crippen molar-refractivity contribution in [1.29, 1.82) is 0 Å². The average molecular weight is 359 g/mol. The van der Waals surface area contributed by atoms with Crippen LogP contribution in [-0.2, 0) is 17.6 Å².